The summed E-state index contributed by atoms with van der Waals surface area (Å²) in [4.78, 5) is 28.4. The van der Waals surface area contributed by atoms with E-state index in [1.54, 1.807) is 17.0 Å². The number of carbonyl (C=O) groups is 1. The highest BCUT2D eigenvalue weighted by molar-refractivity contribution is 6.30. The lowest BCUT2D eigenvalue weighted by Gasteiger charge is -2.33. The van der Waals surface area contributed by atoms with Crippen molar-refractivity contribution in [1.82, 2.24) is 4.98 Å². The van der Waals surface area contributed by atoms with Gasteiger partial charge in [0, 0.05) is 23.8 Å². The number of ether oxygens (including phenoxy) is 2. The number of nitro groups is 1. The molecule has 0 N–H and O–H groups in total. The number of methoxy groups -OCH3 is 1. The van der Waals surface area contributed by atoms with Crippen LogP contribution in [-0.4, -0.2) is 42.7 Å². The van der Waals surface area contributed by atoms with Gasteiger partial charge in [0.15, 0.2) is 0 Å². The molecule has 2 heterocycles. The summed E-state index contributed by atoms with van der Waals surface area (Å²) in [5, 5.41) is 12.1. The number of benzene rings is 1. The van der Waals surface area contributed by atoms with Crippen LogP contribution in [0.2, 0.25) is 5.02 Å². The molecule has 1 fully saturated rings. The fourth-order valence-corrected chi connectivity index (χ4v) is 2.90. The van der Waals surface area contributed by atoms with Crippen LogP contribution < -0.4 is 4.90 Å². The van der Waals surface area contributed by atoms with Crippen LogP contribution in [0.15, 0.2) is 36.5 Å². The van der Waals surface area contributed by atoms with E-state index in [2.05, 4.69) is 9.72 Å². The highest BCUT2D eigenvalue weighted by Gasteiger charge is 2.29. The molecular formula is C17H16ClN3O5. The third kappa shape index (κ3) is 3.76. The average Bonchev–Trinajstić information content (AvgIpc) is 2.67. The van der Waals surface area contributed by atoms with Crippen molar-refractivity contribution in [1.29, 1.82) is 0 Å². The van der Waals surface area contributed by atoms with Crippen LogP contribution in [0.1, 0.15) is 22.0 Å². The Labute approximate surface area is 154 Å². The molecule has 1 aromatic heterocycles. The molecule has 3 rings (SSSR count). The van der Waals surface area contributed by atoms with Crippen molar-refractivity contribution < 1.29 is 19.2 Å². The second-order valence-corrected chi connectivity index (χ2v) is 6.11. The van der Waals surface area contributed by atoms with Crippen molar-refractivity contribution >= 4 is 29.1 Å². The number of carbonyl (C=O) groups excluding carboxylic acids is 1. The number of esters is 1. The maximum absolute atomic E-state index is 11.6. The van der Waals surface area contributed by atoms with Gasteiger partial charge in [-0.15, -0.1) is 0 Å². The maximum atomic E-state index is 11.6. The highest BCUT2D eigenvalue weighted by atomic mass is 35.5. The lowest BCUT2D eigenvalue weighted by molar-refractivity contribution is -0.384. The molecule has 1 aromatic carbocycles. The zero-order valence-electron chi connectivity index (χ0n) is 13.9. The molecule has 9 heteroatoms. The van der Waals surface area contributed by atoms with Gasteiger partial charge in [-0.2, -0.15) is 0 Å². The van der Waals surface area contributed by atoms with Gasteiger partial charge in [-0.05, 0) is 17.7 Å². The van der Waals surface area contributed by atoms with Crippen molar-refractivity contribution in [3.8, 4) is 0 Å². The number of hydrogen-bond donors (Lipinski definition) is 0. The molecule has 1 atom stereocenters. The van der Waals surface area contributed by atoms with Gasteiger partial charge in [0.2, 0.25) is 5.82 Å². The lowest BCUT2D eigenvalue weighted by Crippen LogP contribution is -2.39. The standard InChI is InChI=1S/C17H16ClN3O5/c1-25-17(22)12-8-14(21(23)24)16(19-9-12)20-6-7-26-15(10-20)11-2-4-13(18)5-3-11/h2-5,8-9,15H,6-7,10H2,1H3. The Morgan fingerprint density at radius 3 is 2.81 bits per heavy atom. The van der Waals surface area contributed by atoms with Crippen LogP contribution in [-0.2, 0) is 9.47 Å². The van der Waals surface area contributed by atoms with Gasteiger partial charge in [-0.3, -0.25) is 10.1 Å². The lowest BCUT2D eigenvalue weighted by atomic mass is 10.1. The van der Waals surface area contributed by atoms with Crippen LogP contribution in [0.25, 0.3) is 0 Å². The normalized spacial score (nSPS) is 17.0. The van der Waals surface area contributed by atoms with E-state index in [0.717, 1.165) is 5.56 Å². The predicted octanol–water partition coefficient (Wildman–Crippen LogP) is 3.01. The van der Waals surface area contributed by atoms with Crippen LogP contribution in [0.5, 0.6) is 0 Å². The average molecular weight is 378 g/mol. The van der Waals surface area contributed by atoms with Gasteiger partial charge >= 0.3 is 11.7 Å². The summed E-state index contributed by atoms with van der Waals surface area (Å²) in [7, 11) is 1.21. The largest absolute Gasteiger partial charge is 0.465 e. The van der Waals surface area contributed by atoms with Crippen molar-refractivity contribution in [2.75, 3.05) is 31.7 Å². The van der Waals surface area contributed by atoms with E-state index in [1.165, 1.54) is 19.4 Å². The molecule has 1 saturated heterocycles. The molecule has 8 nitrogen and oxygen atoms in total. The first-order valence-corrected chi connectivity index (χ1v) is 8.22. The Kier molecular flexibility index (Phi) is 5.34. The predicted molar refractivity (Wildman–Crippen MR) is 94.6 cm³/mol. The Bertz CT molecular complexity index is 828. The zero-order chi connectivity index (χ0) is 18.7. The number of nitrogens with zero attached hydrogens (tertiary/aromatic N) is 3. The van der Waals surface area contributed by atoms with E-state index in [4.69, 9.17) is 16.3 Å². The van der Waals surface area contributed by atoms with Crippen molar-refractivity contribution in [2.24, 2.45) is 0 Å². The van der Waals surface area contributed by atoms with Crippen LogP contribution in [0, 0.1) is 10.1 Å². The number of morpholine rings is 1. The topological polar surface area (TPSA) is 94.8 Å². The zero-order valence-corrected chi connectivity index (χ0v) is 14.7. The number of hydrogen-bond acceptors (Lipinski definition) is 7. The molecule has 0 bridgehead atoms. The third-order valence-corrected chi connectivity index (χ3v) is 4.32. The van der Waals surface area contributed by atoms with E-state index in [1.807, 2.05) is 12.1 Å². The van der Waals surface area contributed by atoms with Crippen molar-refractivity contribution in [3.05, 3.63) is 62.8 Å². The number of anilines is 1. The molecule has 2 aromatic rings. The Hall–Kier alpha value is -2.71. The minimum Gasteiger partial charge on any atom is -0.465 e. The first kappa shape index (κ1) is 18.1. The van der Waals surface area contributed by atoms with Gasteiger partial charge in [-0.25, -0.2) is 9.78 Å². The van der Waals surface area contributed by atoms with Gasteiger partial charge in [0.25, 0.3) is 0 Å². The third-order valence-electron chi connectivity index (χ3n) is 4.07. The van der Waals surface area contributed by atoms with Gasteiger partial charge < -0.3 is 14.4 Å². The molecule has 136 valence electrons. The fraction of sp³-hybridized carbons (Fsp3) is 0.294. The minimum atomic E-state index is -0.673. The Balaban J connectivity index is 1.88. The molecule has 0 radical (unpaired) electrons. The number of aromatic nitrogens is 1. The molecule has 0 aliphatic carbocycles. The van der Waals surface area contributed by atoms with Crippen LogP contribution in [0.4, 0.5) is 11.5 Å². The van der Waals surface area contributed by atoms with Crippen molar-refractivity contribution in [2.45, 2.75) is 6.10 Å². The number of pyridine rings is 1. The summed E-state index contributed by atoms with van der Waals surface area (Å²) >= 11 is 5.91. The molecular weight excluding hydrogens is 362 g/mol. The van der Waals surface area contributed by atoms with Crippen LogP contribution >= 0.6 is 11.6 Å². The molecule has 0 spiro atoms. The SMILES string of the molecule is COC(=O)c1cnc(N2CCOC(c3ccc(Cl)cc3)C2)c([N+](=O)[O-])c1. The van der Waals surface area contributed by atoms with Crippen LogP contribution in [0.3, 0.4) is 0 Å². The quantitative estimate of drug-likeness (QED) is 0.459. The molecule has 0 saturated carbocycles. The summed E-state index contributed by atoms with van der Waals surface area (Å²) < 4.78 is 10.4. The van der Waals surface area contributed by atoms with Gasteiger partial charge in [0.1, 0.15) is 6.10 Å². The van der Waals surface area contributed by atoms with Crippen molar-refractivity contribution in [3.63, 3.8) is 0 Å². The van der Waals surface area contributed by atoms with E-state index in [9.17, 15) is 14.9 Å². The molecule has 1 aliphatic rings. The molecule has 0 amide bonds. The molecule has 1 unspecified atom stereocenters. The van der Waals surface area contributed by atoms with E-state index in [-0.39, 0.29) is 23.2 Å². The highest BCUT2D eigenvalue weighted by Crippen LogP contribution is 2.31. The summed E-state index contributed by atoms with van der Waals surface area (Å²) in [6.45, 7) is 1.24. The smallest absolute Gasteiger partial charge is 0.339 e. The maximum Gasteiger partial charge on any atom is 0.339 e. The summed E-state index contributed by atoms with van der Waals surface area (Å²) in [5.74, 6) is -0.474. The first-order valence-electron chi connectivity index (χ1n) is 7.84. The fourth-order valence-electron chi connectivity index (χ4n) is 2.77. The first-order chi connectivity index (χ1) is 12.5. The molecule has 26 heavy (non-hydrogen) atoms. The number of halogens is 1. The van der Waals surface area contributed by atoms with E-state index >= 15 is 0 Å². The summed E-state index contributed by atoms with van der Waals surface area (Å²) in [6.07, 6.45) is 1.02. The Morgan fingerprint density at radius 1 is 1.42 bits per heavy atom. The molecule has 1 aliphatic heterocycles. The monoisotopic (exact) mass is 377 g/mol. The summed E-state index contributed by atoms with van der Waals surface area (Å²) in [6, 6.07) is 8.44. The van der Waals surface area contributed by atoms with E-state index < -0.39 is 10.9 Å². The second kappa shape index (κ2) is 7.67. The summed E-state index contributed by atoms with van der Waals surface area (Å²) in [5.41, 5.74) is 0.711. The minimum absolute atomic E-state index is 0.0328. The number of rotatable bonds is 4. The van der Waals surface area contributed by atoms with Gasteiger partial charge in [0.05, 0.1) is 30.7 Å². The van der Waals surface area contributed by atoms with E-state index in [0.29, 0.717) is 24.7 Å². The van der Waals surface area contributed by atoms with Gasteiger partial charge in [-0.1, -0.05) is 23.7 Å². The second-order valence-electron chi connectivity index (χ2n) is 5.67. The Morgan fingerprint density at radius 2 is 2.15 bits per heavy atom.